The van der Waals surface area contributed by atoms with Crippen molar-refractivity contribution in [2.24, 2.45) is 0 Å². The molecule has 3 N–H and O–H groups in total. The van der Waals surface area contributed by atoms with Crippen molar-refractivity contribution in [1.82, 2.24) is 0 Å². The number of carbonyl (C=O) groups excluding carboxylic acids is 1. The quantitative estimate of drug-likeness (QED) is 0.657. The van der Waals surface area contributed by atoms with Crippen LogP contribution in [0.5, 0.6) is 5.75 Å². The van der Waals surface area contributed by atoms with Crippen molar-refractivity contribution < 1.29 is 9.53 Å². The molecule has 110 valence electrons. The number of nitrogen functional groups attached to an aromatic ring is 1. The first kappa shape index (κ1) is 15.3. The molecule has 0 heterocycles. The van der Waals surface area contributed by atoms with E-state index in [4.69, 9.17) is 10.5 Å². The molecule has 0 bridgehead atoms. The van der Waals surface area contributed by atoms with Crippen molar-refractivity contribution in [3.8, 4) is 5.75 Å². The van der Waals surface area contributed by atoms with Gasteiger partial charge in [0.15, 0.2) is 0 Å². The molecule has 2 aromatic carbocycles. The lowest BCUT2D eigenvalue weighted by molar-refractivity contribution is -0.113. The van der Waals surface area contributed by atoms with Crippen molar-refractivity contribution in [2.45, 2.75) is 11.8 Å². The van der Waals surface area contributed by atoms with Crippen molar-refractivity contribution in [1.29, 1.82) is 0 Å². The summed E-state index contributed by atoms with van der Waals surface area (Å²) in [4.78, 5) is 12.9. The highest BCUT2D eigenvalue weighted by atomic mass is 32.2. The van der Waals surface area contributed by atoms with Crippen LogP contribution in [0, 0.1) is 6.92 Å². The predicted molar refractivity (Wildman–Crippen MR) is 87.9 cm³/mol. The number of benzene rings is 2. The smallest absolute Gasteiger partial charge is 0.234 e. The van der Waals surface area contributed by atoms with Gasteiger partial charge in [0.05, 0.1) is 12.9 Å². The molecule has 5 heteroatoms. The minimum atomic E-state index is -0.0514. The number of rotatable bonds is 5. The van der Waals surface area contributed by atoms with Gasteiger partial charge in [0.1, 0.15) is 5.75 Å². The number of hydrogen-bond acceptors (Lipinski definition) is 4. The SMILES string of the molecule is COc1cc(N)ccc1SCC(=O)Nc1cccc(C)c1. The zero-order chi connectivity index (χ0) is 15.2. The van der Waals surface area contributed by atoms with Gasteiger partial charge >= 0.3 is 0 Å². The Labute approximate surface area is 128 Å². The van der Waals surface area contributed by atoms with Crippen molar-refractivity contribution >= 4 is 29.0 Å². The molecule has 0 fully saturated rings. The van der Waals surface area contributed by atoms with Crippen LogP contribution in [0.25, 0.3) is 0 Å². The van der Waals surface area contributed by atoms with Crippen LogP contribution in [0.2, 0.25) is 0 Å². The van der Waals surface area contributed by atoms with Crippen LogP contribution in [0.4, 0.5) is 11.4 Å². The molecule has 0 aliphatic carbocycles. The number of nitrogens with two attached hydrogens (primary N) is 1. The molecule has 0 unspecified atom stereocenters. The Hall–Kier alpha value is -2.14. The summed E-state index contributed by atoms with van der Waals surface area (Å²) in [5, 5.41) is 2.88. The number of carbonyl (C=O) groups is 1. The number of aryl methyl sites for hydroxylation is 1. The van der Waals surface area contributed by atoms with E-state index in [-0.39, 0.29) is 5.91 Å². The summed E-state index contributed by atoms with van der Waals surface area (Å²) >= 11 is 1.42. The summed E-state index contributed by atoms with van der Waals surface area (Å²) in [6, 6.07) is 13.1. The van der Waals surface area contributed by atoms with Crippen LogP contribution in [0.15, 0.2) is 47.4 Å². The van der Waals surface area contributed by atoms with Crippen LogP contribution in [-0.2, 0) is 4.79 Å². The normalized spacial score (nSPS) is 10.2. The van der Waals surface area contributed by atoms with Crippen LogP contribution >= 0.6 is 11.8 Å². The van der Waals surface area contributed by atoms with E-state index in [1.165, 1.54) is 11.8 Å². The van der Waals surface area contributed by atoms with Crippen molar-refractivity contribution in [2.75, 3.05) is 23.9 Å². The molecule has 0 aliphatic rings. The van der Waals surface area contributed by atoms with Crippen molar-refractivity contribution in [3.05, 3.63) is 48.0 Å². The van der Waals surface area contributed by atoms with Gasteiger partial charge in [-0.2, -0.15) is 0 Å². The fourth-order valence-corrected chi connectivity index (χ4v) is 2.67. The van der Waals surface area contributed by atoms with Gasteiger partial charge in [0, 0.05) is 22.3 Å². The highest BCUT2D eigenvalue weighted by Gasteiger charge is 2.08. The summed E-state index contributed by atoms with van der Waals surface area (Å²) < 4.78 is 5.26. The highest BCUT2D eigenvalue weighted by molar-refractivity contribution is 8.00. The Bertz CT molecular complexity index is 644. The summed E-state index contributed by atoms with van der Waals surface area (Å²) in [5.74, 6) is 0.946. The maximum Gasteiger partial charge on any atom is 0.234 e. The summed E-state index contributed by atoms with van der Waals surface area (Å²) in [5.41, 5.74) is 8.27. The van der Waals surface area contributed by atoms with Crippen LogP contribution in [0.1, 0.15) is 5.56 Å². The molecular formula is C16H18N2O2S. The summed E-state index contributed by atoms with van der Waals surface area (Å²) in [6.07, 6.45) is 0. The second-order valence-corrected chi connectivity index (χ2v) is 5.63. The first-order chi connectivity index (χ1) is 10.1. The van der Waals surface area contributed by atoms with E-state index in [9.17, 15) is 4.79 Å². The van der Waals surface area contributed by atoms with Gasteiger partial charge in [-0.25, -0.2) is 0 Å². The summed E-state index contributed by atoms with van der Waals surface area (Å²) in [7, 11) is 1.59. The molecule has 1 amide bonds. The third kappa shape index (κ3) is 4.43. The van der Waals surface area contributed by atoms with Gasteiger partial charge in [0.25, 0.3) is 0 Å². The van der Waals surface area contributed by atoms with E-state index in [0.29, 0.717) is 17.2 Å². The van der Waals surface area contributed by atoms with Gasteiger partial charge in [-0.05, 0) is 36.8 Å². The maximum atomic E-state index is 12.0. The molecule has 2 rings (SSSR count). The van der Waals surface area contributed by atoms with Gasteiger partial charge < -0.3 is 15.8 Å². The number of hydrogen-bond donors (Lipinski definition) is 2. The first-order valence-electron chi connectivity index (χ1n) is 6.51. The Kier molecular flexibility index (Phi) is 5.11. The monoisotopic (exact) mass is 302 g/mol. The molecule has 0 atom stereocenters. The van der Waals surface area contributed by atoms with Crippen LogP contribution in [0.3, 0.4) is 0 Å². The number of nitrogens with one attached hydrogen (secondary N) is 1. The first-order valence-corrected chi connectivity index (χ1v) is 7.50. The minimum absolute atomic E-state index is 0.0514. The lowest BCUT2D eigenvalue weighted by Crippen LogP contribution is -2.14. The molecule has 0 aliphatic heterocycles. The molecule has 0 saturated heterocycles. The second kappa shape index (κ2) is 7.04. The molecule has 0 radical (unpaired) electrons. The third-order valence-corrected chi connectivity index (χ3v) is 3.90. The number of ether oxygens (including phenoxy) is 1. The van der Waals surface area contributed by atoms with Gasteiger partial charge in [-0.15, -0.1) is 11.8 Å². The van der Waals surface area contributed by atoms with E-state index in [1.807, 2.05) is 37.3 Å². The molecule has 4 nitrogen and oxygen atoms in total. The number of methoxy groups -OCH3 is 1. The minimum Gasteiger partial charge on any atom is -0.496 e. The van der Waals surface area contributed by atoms with E-state index < -0.39 is 0 Å². The Morgan fingerprint density at radius 1 is 1.29 bits per heavy atom. The zero-order valence-electron chi connectivity index (χ0n) is 12.1. The lowest BCUT2D eigenvalue weighted by atomic mass is 10.2. The molecule has 0 aromatic heterocycles. The predicted octanol–water partition coefficient (Wildman–Crippen LogP) is 3.32. The molecule has 0 saturated carbocycles. The van der Waals surface area contributed by atoms with E-state index in [2.05, 4.69) is 5.32 Å². The standard InChI is InChI=1S/C16H18N2O2S/c1-11-4-3-5-13(8-11)18-16(19)10-21-15-7-6-12(17)9-14(15)20-2/h3-9H,10,17H2,1-2H3,(H,18,19). The van der Waals surface area contributed by atoms with Gasteiger partial charge in [0.2, 0.25) is 5.91 Å². The molecule has 0 spiro atoms. The molecular weight excluding hydrogens is 284 g/mol. The fraction of sp³-hybridized carbons (Fsp3) is 0.188. The Morgan fingerprint density at radius 3 is 2.81 bits per heavy atom. The fourth-order valence-electron chi connectivity index (χ4n) is 1.87. The third-order valence-electron chi connectivity index (χ3n) is 2.85. The van der Waals surface area contributed by atoms with E-state index in [0.717, 1.165) is 16.1 Å². The van der Waals surface area contributed by atoms with E-state index in [1.54, 1.807) is 19.2 Å². The van der Waals surface area contributed by atoms with Crippen LogP contribution < -0.4 is 15.8 Å². The topological polar surface area (TPSA) is 64.3 Å². The molecule has 2 aromatic rings. The lowest BCUT2D eigenvalue weighted by Gasteiger charge is -2.09. The molecule has 21 heavy (non-hydrogen) atoms. The number of anilines is 2. The zero-order valence-corrected chi connectivity index (χ0v) is 12.9. The second-order valence-electron chi connectivity index (χ2n) is 4.62. The van der Waals surface area contributed by atoms with Crippen molar-refractivity contribution in [3.63, 3.8) is 0 Å². The average Bonchev–Trinajstić information content (AvgIpc) is 2.45. The average molecular weight is 302 g/mol. The van der Waals surface area contributed by atoms with Crippen LogP contribution in [-0.4, -0.2) is 18.8 Å². The number of thioether (sulfide) groups is 1. The highest BCUT2D eigenvalue weighted by Crippen LogP contribution is 2.30. The Morgan fingerprint density at radius 2 is 2.10 bits per heavy atom. The number of amides is 1. The van der Waals surface area contributed by atoms with Gasteiger partial charge in [-0.1, -0.05) is 12.1 Å². The largest absolute Gasteiger partial charge is 0.496 e. The van der Waals surface area contributed by atoms with Gasteiger partial charge in [-0.3, -0.25) is 4.79 Å². The summed E-state index contributed by atoms with van der Waals surface area (Å²) in [6.45, 7) is 1.99. The van der Waals surface area contributed by atoms with E-state index >= 15 is 0 Å². The Balaban J connectivity index is 1.95. The maximum absolute atomic E-state index is 12.0.